The van der Waals surface area contributed by atoms with Crippen molar-refractivity contribution in [3.63, 3.8) is 0 Å². The van der Waals surface area contributed by atoms with Gasteiger partial charge in [0.25, 0.3) is 0 Å². The maximum Gasteiger partial charge on any atom is 0.119 e. The molecule has 1 heterocycles. The molecule has 2 N–H and O–H groups in total. The molecule has 0 aliphatic carbocycles. The fraction of sp³-hybridized carbons (Fsp3) is 0.647. The molecule has 1 saturated heterocycles. The number of rotatable bonds is 7. The molecule has 1 aliphatic rings. The van der Waals surface area contributed by atoms with Crippen molar-refractivity contribution in [2.75, 3.05) is 40.3 Å². The monoisotopic (exact) mass is 291 g/mol. The summed E-state index contributed by atoms with van der Waals surface area (Å²) in [7, 11) is 4.37. The van der Waals surface area contributed by atoms with Gasteiger partial charge in [-0.3, -0.25) is 0 Å². The van der Waals surface area contributed by atoms with Crippen molar-refractivity contribution in [1.29, 1.82) is 0 Å². The van der Waals surface area contributed by atoms with E-state index in [0.717, 1.165) is 36.9 Å². The zero-order valence-electron chi connectivity index (χ0n) is 13.4. The molecule has 1 aromatic carbocycles. The summed E-state index contributed by atoms with van der Waals surface area (Å²) < 4.78 is 5.81. The first-order valence-electron chi connectivity index (χ1n) is 7.99. The molecule has 2 rings (SSSR count). The molecule has 0 atom stereocenters. The van der Waals surface area contributed by atoms with Crippen molar-refractivity contribution in [1.82, 2.24) is 9.80 Å². The highest BCUT2D eigenvalue weighted by atomic mass is 16.5. The zero-order chi connectivity index (χ0) is 15.1. The third-order valence-corrected chi connectivity index (χ3v) is 4.31. The van der Waals surface area contributed by atoms with Crippen molar-refractivity contribution in [3.05, 3.63) is 29.8 Å². The number of ether oxygens (including phenoxy) is 1. The summed E-state index contributed by atoms with van der Waals surface area (Å²) in [6, 6.07) is 8.83. The first kappa shape index (κ1) is 16.3. The predicted octanol–water partition coefficient (Wildman–Crippen LogP) is 1.94. The fourth-order valence-corrected chi connectivity index (χ4v) is 2.90. The van der Waals surface area contributed by atoms with Crippen molar-refractivity contribution >= 4 is 0 Å². The maximum absolute atomic E-state index is 5.81. The number of nitrogens with zero attached hydrogens (tertiary/aromatic N) is 2. The van der Waals surface area contributed by atoms with Crippen molar-refractivity contribution in [2.24, 2.45) is 5.73 Å². The van der Waals surface area contributed by atoms with E-state index in [1.54, 1.807) is 0 Å². The Labute approximate surface area is 128 Å². The molecule has 4 nitrogen and oxygen atoms in total. The summed E-state index contributed by atoms with van der Waals surface area (Å²) in [4.78, 5) is 4.91. The molecule has 118 valence electrons. The van der Waals surface area contributed by atoms with E-state index in [1.165, 1.54) is 25.9 Å². The second kappa shape index (κ2) is 8.37. The Kier molecular flexibility index (Phi) is 6.49. The summed E-state index contributed by atoms with van der Waals surface area (Å²) in [5.41, 5.74) is 6.76. The molecular formula is C17H29N3O. The van der Waals surface area contributed by atoms with Crippen LogP contribution < -0.4 is 10.5 Å². The molecule has 0 aromatic heterocycles. The van der Waals surface area contributed by atoms with Gasteiger partial charge in [0.15, 0.2) is 0 Å². The molecule has 1 fully saturated rings. The topological polar surface area (TPSA) is 41.7 Å². The summed E-state index contributed by atoms with van der Waals surface area (Å²) >= 11 is 0. The third kappa shape index (κ3) is 5.30. The van der Waals surface area contributed by atoms with Crippen LogP contribution >= 0.6 is 0 Å². The fourth-order valence-electron chi connectivity index (χ4n) is 2.90. The predicted molar refractivity (Wildman–Crippen MR) is 87.6 cm³/mol. The second-order valence-corrected chi connectivity index (χ2v) is 6.09. The average molecular weight is 291 g/mol. The SMILES string of the molecule is CN(C)C1CCN(CCCOc2cccc(CN)c2)CC1. The molecule has 0 bridgehead atoms. The first-order chi connectivity index (χ1) is 10.2. The Bertz CT molecular complexity index is 414. The van der Waals surface area contributed by atoms with E-state index in [-0.39, 0.29) is 0 Å². The van der Waals surface area contributed by atoms with E-state index in [4.69, 9.17) is 10.5 Å². The van der Waals surface area contributed by atoms with Gasteiger partial charge in [-0.15, -0.1) is 0 Å². The van der Waals surface area contributed by atoms with E-state index in [1.807, 2.05) is 24.3 Å². The molecule has 21 heavy (non-hydrogen) atoms. The lowest BCUT2D eigenvalue weighted by atomic mass is 10.0. The van der Waals surface area contributed by atoms with Gasteiger partial charge in [-0.1, -0.05) is 12.1 Å². The standard InChI is InChI=1S/C17H29N3O/c1-19(2)16-7-10-20(11-8-16)9-4-12-21-17-6-3-5-15(13-17)14-18/h3,5-6,13,16H,4,7-12,14,18H2,1-2H3. The number of hydrogen-bond donors (Lipinski definition) is 1. The van der Waals surface area contributed by atoms with Crippen molar-refractivity contribution in [3.8, 4) is 5.75 Å². The Morgan fingerprint density at radius 3 is 2.71 bits per heavy atom. The Hall–Kier alpha value is -1.10. The van der Waals surface area contributed by atoms with E-state index < -0.39 is 0 Å². The van der Waals surface area contributed by atoms with Gasteiger partial charge in [0, 0.05) is 19.1 Å². The second-order valence-electron chi connectivity index (χ2n) is 6.09. The quantitative estimate of drug-likeness (QED) is 0.780. The van der Waals surface area contributed by atoms with Crippen molar-refractivity contribution < 1.29 is 4.74 Å². The van der Waals surface area contributed by atoms with Gasteiger partial charge in [0.1, 0.15) is 5.75 Å². The molecule has 0 spiro atoms. The molecule has 0 unspecified atom stereocenters. The summed E-state index contributed by atoms with van der Waals surface area (Å²) in [5, 5.41) is 0. The van der Waals surface area contributed by atoms with Crippen LogP contribution in [0.5, 0.6) is 5.75 Å². The number of hydrogen-bond acceptors (Lipinski definition) is 4. The highest BCUT2D eigenvalue weighted by molar-refractivity contribution is 5.28. The minimum absolute atomic E-state index is 0.567. The van der Waals surface area contributed by atoms with E-state index in [9.17, 15) is 0 Å². The van der Waals surface area contributed by atoms with Crippen LogP contribution in [0.1, 0.15) is 24.8 Å². The minimum atomic E-state index is 0.567. The summed E-state index contributed by atoms with van der Waals surface area (Å²) in [6.45, 7) is 4.91. The van der Waals surface area contributed by atoms with Crippen LogP contribution in [-0.2, 0) is 6.54 Å². The molecule has 0 amide bonds. The highest BCUT2D eigenvalue weighted by Gasteiger charge is 2.19. The van der Waals surface area contributed by atoms with E-state index >= 15 is 0 Å². The first-order valence-corrected chi connectivity index (χ1v) is 7.99. The van der Waals surface area contributed by atoms with Crippen LogP contribution in [0.2, 0.25) is 0 Å². The van der Waals surface area contributed by atoms with Gasteiger partial charge in [-0.25, -0.2) is 0 Å². The van der Waals surface area contributed by atoms with Gasteiger partial charge in [0.2, 0.25) is 0 Å². The normalized spacial score (nSPS) is 17.3. The number of nitrogens with two attached hydrogens (primary N) is 1. The van der Waals surface area contributed by atoms with Crippen LogP contribution in [0.15, 0.2) is 24.3 Å². The number of likely N-dealkylation sites (tertiary alicyclic amines) is 1. The average Bonchev–Trinajstić information content (AvgIpc) is 2.52. The highest BCUT2D eigenvalue weighted by Crippen LogP contribution is 2.15. The maximum atomic E-state index is 5.81. The van der Waals surface area contributed by atoms with Gasteiger partial charge in [-0.05, 0) is 64.1 Å². The van der Waals surface area contributed by atoms with Crippen LogP contribution in [0, 0.1) is 0 Å². The molecule has 0 saturated carbocycles. The third-order valence-electron chi connectivity index (χ3n) is 4.31. The van der Waals surface area contributed by atoms with Crippen LogP contribution in [0.3, 0.4) is 0 Å². The molecule has 1 aromatic rings. The van der Waals surface area contributed by atoms with Gasteiger partial charge in [0.05, 0.1) is 6.61 Å². The van der Waals surface area contributed by atoms with Crippen LogP contribution in [-0.4, -0.2) is 56.2 Å². The smallest absolute Gasteiger partial charge is 0.119 e. The van der Waals surface area contributed by atoms with E-state index in [2.05, 4.69) is 23.9 Å². The lowest BCUT2D eigenvalue weighted by Crippen LogP contribution is -2.42. The molecule has 1 aliphatic heterocycles. The van der Waals surface area contributed by atoms with Gasteiger partial charge >= 0.3 is 0 Å². The Balaban J connectivity index is 1.62. The van der Waals surface area contributed by atoms with Crippen LogP contribution in [0.4, 0.5) is 0 Å². The molecular weight excluding hydrogens is 262 g/mol. The van der Waals surface area contributed by atoms with E-state index in [0.29, 0.717) is 6.54 Å². The lowest BCUT2D eigenvalue weighted by Gasteiger charge is -2.35. The largest absolute Gasteiger partial charge is 0.494 e. The summed E-state index contributed by atoms with van der Waals surface area (Å²) in [5.74, 6) is 0.935. The Morgan fingerprint density at radius 1 is 1.29 bits per heavy atom. The zero-order valence-corrected chi connectivity index (χ0v) is 13.4. The lowest BCUT2D eigenvalue weighted by molar-refractivity contribution is 0.138. The number of piperidine rings is 1. The van der Waals surface area contributed by atoms with Gasteiger partial charge in [-0.2, -0.15) is 0 Å². The van der Waals surface area contributed by atoms with Gasteiger partial charge < -0.3 is 20.3 Å². The molecule has 4 heteroatoms. The number of benzene rings is 1. The van der Waals surface area contributed by atoms with Crippen LogP contribution in [0.25, 0.3) is 0 Å². The molecule has 0 radical (unpaired) electrons. The summed E-state index contributed by atoms with van der Waals surface area (Å²) in [6.07, 6.45) is 3.65. The minimum Gasteiger partial charge on any atom is -0.494 e. The van der Waals surface area contributed by atoms with Crippen molar-refractivity contribution in [2.45, 2.75) is 31.8 Å². The Morgan fingerprint density at radius 2 is 2.05 bits per heavy atom.